The van der Waals surface area contributed by atoms with E-state index in [9.17, 15) is 0 Å². The molecule has 1 unspecified atom stereocenters. The maximum Gasteiger partial charge on any atom is 0.0950 e. The molecule has 0 radical (unpaired) electrons. The summed E-state index contributed by atoms with van der Waals surface area (Å²) in [6, 6.07) is 10.4. The fraction of sp³-hybridized carbons (Fsp3) is 0.533. The Hall–Kier alpha value is -1.08. The summed E-state index contributed by atoms with van der Waals surface area (Å²) in [5.41, 5.74) is 1.33. The van der Waals surface area contributed by atoms with Crippen molar-refractivity contribution in [3.63, 3.8) is 0 Å². The third-order valence-corrected chi connectivity index (χ3v) is 4.02. The Morgan fingerprint density at radius 3 is 2.42 bits per heavy atom. The van der Waals surface area contributed by atoms with Crippen molar-refractivity contribution in [2.24, 2.45) is 0 Å². The highest BCUT2D eigenvalue weighted by atomic mass is 35.5. The lowest BCUT2D eigenvalue weighted by Crippen LogP contribution is -2.49. The van der Waals surface area contributed by atoms with Crippen LogP contribution in [0.5, 0.6) is 0 Å². The van der Waals surface area contributed by atoms with E-state index in [1.807, 2.05) is 19.1 Å². The van der Waals surface area contributed by atoms with Gasteiger partial charge in [-0.05, 0) is 31.0 Å². The molecular weight excluding hydrogens is 258 g/mol. The molecule has 0 saturated carbocycles. The molecule has 0 amide bonds. The van der Waals surface area contributed by atoms with Crippen molar-refractivity contribution in [1.82, 2.24) is 9.80 Å². The second-order valence-corrected chi connectivity index (χ2v) is 5.50. The maximum atomic E-state index is 8.91. The summed E-state index contributed by atoms with van der Waals surface area (Å²) in [6.45, 7) is 7.16. The summed E-state index contributed by atoms with van der Waals surface area (Å²) in [4.78, 5) is 4.72. The maximum absolute atomic E-state index is 8.91. The molecule has 2 rings (SSSR count). The summed E-state index contributed by atoms with van der Waals surface area (Å²) < 4.78 is 0. The summed E-state index contributed by atoms with van der Waals surface area (Å²) in [5.74, 6) is 0. The van der Waals surface area contributed by atoms with Crippen molar-refractivity contribution in [2.75, 3.05) is 32.7 Å². The molecule has 0 bridgehead atoms. The van der Waals surface area contributed by atoms with Crippen LogP contribution in [-0.2, 0) is 6.42 Å². The van der Waals surface area contributed by atoms with Crippen molar-refractivity contribution in [3.05, 3.63) is 34.9 Å². The molecule has 19 heavy (non-hydrogen) atoms. The molecule has 1 aliphatic rings. The molecule has 1 aromatic rings. The average Bonchev–Trinajstić information content (AvgIpc) is 2.46. The molecule has 1 aliphatic heterocycles. The average molecular weight is 278 g/mol. The van der Waals surface area contributed by atoms with Gasteiger partial charge in [-0.15, -0.1) is 0 Å². The van der Waals surface area contributed by atoms with E-state index in [1.54, 1.807) is 0 Å². The van der Waals surface area contributed by atoms with Crippen molar-refractivity contribution in [3.8, 4) is 6.07 Å². The number of halogens is 1. The lowest BCUT2D eigenvalue weighted by molar-refractivity contribution is 0.120. The largest absolute Gasteiger partial charge is 0.300 e. The Morgan fingerprint density at radius 1 is 1.21 bits per heavy atom. The first-order valence-electron chi connectivity index (χ1n) is 6.79. The molecule has 1 atom stereocenters. The first-order valence-corrected chi connectivity index (χ1v) is 7.17. The van der Waals surface area contributed by atoms with Gasteiger partial charge in [-0.25, -0.2) is 0 Å². The highest BCUT2D eigenvalue weighted by Crippen LogP contribution is 2.11. The second-order valence-electron chi connectivity index (χ2n) is 5.06. The zero-order chi connectivity index (χ0) is 13.7. The van der Waals surface area contributed by atoms with Crippen LogP contribution in [0.4, 0.5) is 0 Å². The van der Waals surface area contributed by atoms with Crippen molar-refractivity contribution < 1.29 is 0 Å². The summed E-state index contributed by atoms with van der Waals surface area (Å²) in [5, 5.41) is 9.71. The summed E-state index contributed by atoms with van der Waals surface area (Å²) in [7, 11) is 0. The molecule has 1 saturated heterocycles. The van der Waals surface area contributed by atoms with E-state index in [0.717, 1.165) is 44.2 Å². The van der Waals surface area contributed by atoms with Gasteiger partial charge in [0.05, 0.1) is 12.1 Å². The smallest absolute Gasteiger partial charge is 0.0950 e. The van der Waals surface area contributed by atoms with Gasteiger partial charge >= 0.3 is 0 Å². The normalized spacial score (nSPS) is 19.0. The molecule has 102 valence electrons. The number of nitrogens with zero attached hydrogens (tertiary/aromatic N) is 3. The molecular formula is C15H20ClN3. The lowest BCUT2D eigenvalue weighted by atomic mass is 10.1. The molecule has 0 aliphatic carbocycles. The van der Waals surface area contributed by atoms with Crippen LogP contribution < -0.4 is 0 Å². The van der Waals surface area contributed by atoms with Gasteiger partial charge in [0.25, 0.3) is 0 Å². The minimum absolute atomic E-state index is 0.0402. The third-order valence-electron chi connectivity index (χ3n) is 3.77. The fourth-order valence-electron chi connectivity index (χ4n) is 2.39. The molecule has 1 heterocycles. The van der Waals surface area contributed by atoms with E-state index in [0.29, 0.717) is 0 Å². The monoisotopic (exact) mass is 277 g/mol. The molecule has 4 heteroatoms. The highest BCUT2D eigenvalue weighted by molar-refractivity contribution is 6.30. The van der Waals surface area contributed by atoms with Crippen molar-refractivity contribution >= 4 is 11.6 Å². The Bertz CT molecular complexity index is 430. The van der Waals surface area contributed by atoms with E-state index in [2.05, 4.69) is 28.0 Å². The predicted molar refractivity (Wildman–Crippen MR) is 78.2 cm³/mol. The van der Waals surface area contributed by atoms with E-state index >= 15 is 0 Å². The first kappa shape index (κ1) is 14.3. The van der Waals surface area contributed by atoms with Crippen LogP contribution in [0.15, 0.2) is 24.3 Å². The Morgan fingerprint density at radius 2 is 1.84 bits per heavy atom. The molecule has 0 N–H and O–H groups in total. The van der Waals surface area contributed by atoms with Gasteiger partial charge in [-0.1, -0.05) is 23.7 Å². The Labute approximate surface area is 120 Å². The van der Waals surface area contributed by atoms with E-state index < -0.39 is 0 Å². The van der Waals surface area contributed by atoms with Crippen LogP contribution >= 0.6 is 11.6 Å². The zero-order valence-electron chi connectivity index (χ0n) is 11.3. The standard InChI is InChI=1S/C15H20ClN3/c1-13(12-17)19-10-8-18(9-11-19)7-6-14-2-4-15(16)5-3-14/h2-5,13H,6-11H2,1H3. The molecule has 1 fully saturated rings. The summed E-state index contributed by atoms with van der Waals surface area (Å²) >= 11 is 5.88. The van der Waals surface area contributed by atoms with Crippen LogP contribution in [0.25, 0.3) is 0 Å². The van der Waals surface area contributed by atoms with Gasteiger partial charge < -0.3 is 4.90 Å². The Balaban J connectivity index is 1.74. The number of hydrogen-bond donors (Lipinski definition) is 0. The minimum atomic E-state index is 0.0402. The SMILES string of the molecule is CC(C#N)N1CCN(CCc2ccc(Cl)cc2)CC1. The quantitative estimate of drug-likeness (QED) is 0.847. The number of piperazine rings is 1. The van der Waals surface area contributed by atoms with Crippen molar-refractivity contribution in [1.29, 1.82) is 5.26 Å². The topological polar surface area (TPSA) is 30.3 Å². The van der Waals surface area contributed by atoms with Gasteiger partial charge in [0, 0.05) is 37.7 Å². The van der Waals surface area contributed by atoms with Crippen LogP contribution in [0.2, 0.25) is 5.02 Å². The minimum Gasteiger partial charge on any atom is -0.300 e. The number of benzene rings is 1. The molecule has 1 aromatic carbocycles. The van der Waals surface area contributed by atoms with Crippen LogP contribution in [-0.4, -0.2) is 48.6 Å². The number of rotatable bonds is 4. The van der Waals surface area contributed by atoms with E-state index in [4.69, 9.17) is 16.9 Å². The van der Waals surface area contributed by atoms with Crippen molar-refractivity contribution in [2.45, 2.75) is 19.4 Å². The van der Waals surface area contributed by atoms with Gasteiger partial charge in [-0.3, -0.25) is 4.90 Å². The summed E-state index contributed by atoms with van der Waals surface area (Å²) in [6.07, 6.45) is 1.06. The number of nitriles is 1. The predicted octanol–water partition coefficient (Wildman–Crippen LogP) is 2.41. The van der Waals surface area contributed by atoms with Gasteiger partial charge in [0.1, 0.15) is 0 Å². The van der Waals surface area contributed by atoms with Crippen LogP contribution in [0.1, 0.15) is 12.5 Å². The molecule has 0 aromatic heterocycles. The van der Waals surface area contributed by atoms with Gasteiger partial charge in [0.2, 0.25) is 0 Å². The lowest BCUT2D eigenvalue weighted by Gasteiger charge is -2.35. The van der Waals surface area contributed by atoms with Crippen LogP contribution in [0.3, 0.4) is 0 Å². The fourth-order valence-corrected chi connectivity index (χ4v) is 2.52. The third kappa shape index (κ3) is 4.21. The highest BCUT2D eigenvalue weighted by Gasteiger charge is 2.20. The zero-order valence-corrected chi connectivity index (χ0v) is 12.1. The first-order chi connectivity index (χ1) is 9.19. The number of hydrogen-bond acceptors (Lipinski definition) is 3. The van der Waals surface area contributed by atoms with E-state index in [-0.39, 0.29) is 6.04 Å². The van der Waals surface area contributed by atoms with Crippen LogP contribution in [0, 0.1) is 11.3 Å². The Kier molecular flexibility index (Phi) is 5.21. The van der Waals surface area contributed by atoms with Gasteiger partial charge in [0.15, 0.2) is 0 Å². The second kappa shape index (κ2) is 6.91. The molecule has 0 spiro atoms. The van der Waals surface area contributed by atoms with Gasteiger partial charge in [-0.2, -0.15) is 5.26 Å². The molecule has 3 nitrogen and oxygen atoms in total. The van der Waals surface area contributed by atoms with E-state index in [1.165, 1.54) is 5.56 Å².